The first-order valence-electron chi connectivity index (χ1n) is 7.86. The second-order valence-electron chi connectivity index (χ2n) is 5.98. The van der Waals surface area contributed by atoms with Gasteiger partial charge in [0.05, 0.1) is 30.1 Å². The van der Waals surface area contributed by atoms with E-state index in [4.69, 9.17) is 11.6 Å². The van der Waals surface area contributed by atoms with Crippen molar-refractivity contribution in [2.24, 2.45) is 7.05 Å². The Morgan fingerprint density at radius 3 is 2.70 bits per heavy atom. The second-order valence-corrected chi connectivity index (χ2v) is 6.39. The van der Waals surface area contributed by atoms with Crippen molar-refractivity contribution in [1.82, 2.24) is 14.7 Å². The molecule has 0 saturated heterocycles. The molecule has 5 nitrogen and oxygen atoms in total. The molecule has 148 valence electrons. The summed E-state index contributed by atoms with van der Waals surface area (Å²) in [4.78, 5) is 14.0. The van der Waals surface area contributed by atoms with Gasteiger partial charge in [-0.2, -0.15) is 13.9 Å². The number of benzene rings is 1. The molecule has 1 aromatic heterocycles. The molecule has 0 bridgehead atoms. The Hall–Kier alpha value is -2.13. The third-order valence-electron chi connectivity index (χ3n) is 3.80. The summed E-state index contributed by atoms with van der Waals surface area (Å²) in [6.45, 7) is -1.50. The van der Waals surface area contributed by atoms with Crippen LogP contribution in [-0.2, 0) is 24.9 Å². The Labute approximate surface area is 158 Å². The predicted octanol–water partition coefficient (Wildman–Crippen LogP) is 3.76. The number of halogens is 5. The minimum Gasteiger partial charge on any atom is -0.370 e. The number of rotatable bonds is 8. The summed E-state index contributed by atoms with van der Waals surface area (Å²) in [5, 5.41) is 4.43. The first-order valence-corrected chi connectivity index (χ1v) is 8.24. The zero-order valence-corrected chi connectivity index (χ0v) is 15.4. The lowest BCUT2D eigenvalue weighted by atomic mass is 10.1. The highest BCUT2D eigenvalue weighted by molar-refractivity contribution is 6.31. The standard InChI is InChI=1S/C17H18ClF4N3O2/c1-24(8-14-13(18)7-23-25(14)2)15(26)12-5-3-4-11(6-12)9-27-10-17(21,22)16(19)20/h3-7,16H,8-10H2,1-2H3. The first kappa shape index (κ1) is 21.2. The minimum atomic E-state index is -4.21. The van der Waals surface area contributed by atoms with Crippen molar-refractivity contribution >= 4 is 17.5 Å². The molecule has 1 aromatic carbocycles. The predicted molar refractivity (Wildman–Crippen MR) is 91.1 cm³/mol. The lowest BCUT2D eigenvalue weighted by Gasteiger charge is -2.18. The molecule has 0 radical (unpaired) electrons. The van der Waals surface area contributed by atoms with Gasteiger partial charge >= 0.3 is 12.3 Å². The van der Waals surface area contributed by atoms with E-state index in [1.807, 2.05) is 0 Å². The zero-order chi connectivity index (χ0) is 20.2. The molecule has 0 aliphatic heterocycles. The molecule has 1 heterocycles. The Balaban J connectivity index is 2.00. The normalized spacial score (nSPS) is 11.9. The molecular formula is C17H18ClF4N3O2. The third kappa shape index (κ3) is 5.43. The van der Waals surface area contributed by atoms with E-state index in [2.05, 4.69) is 9.84 Å². The summed E-state index contributed by atoms with van der Waals surface area (Å²) in [5.74, 6) is -4.54. The van der Waals surface area contributed by atoms with Crippen molar-refractivity contribution in [3.8, 4) is 0 Å². The van der Waals surface area contributed by atoms with Gasteiger partial charge in [-0.05, 0) is 17.7 Å². The smallest absolute Gasteiger partial charge is 0.330 e. The topological polar surface area (TPSA) is 47.4 Å². The molecule has 2 rings (SSSR count). The summed E-state index contributed by atoms with van der Waals surface area (Å²) in [6.07, 6.45) is -2.32. The molecule has 0 N–H and O–H groups in total. The van der Waals surface area contributed by atoms with Gasteiger partial charge in [0.2, 0.25) is 0 Å². The summed E-state index contributed by atoms with van der Waals surface area (Å²) in [5.41, 5.74) is 1.37. The Morgan fingerprint density at radius 1 is 1.41 bits per heavy atom. The van der Waals surface area contributed by atoms with Crippen molar-refractivity contribution in [2.75, 3.05) is 13.7 Å². The van der Waals surface area contributed by atoms with E-state index in [0.717, 1.165) is 0 Å². The highest BCUT2D eigenvalue weighted by Crippen LogP contribution is 2.23. The maximum absolute atomic E-state index is 12.9. The van der Waals surface area contributed by atoms with Gasteiger partial charge in [0.25, 0.3) is 5.91 Å². The number of carbonyl (C=O) groups excluding carboxylic acids is 1. The van der Waals surface area contributed by atoms with Crippen molar-refractivity contribution in [2.45, 2.75) is 25.5 Å². The molecule has 27 heavy (non-hydrogen) atoms. The van der Waals surface area contributed by atoms with E-state index >= 15 is 0 Å². The number of aryl methyl sites for hydroxylation is 1. The first-order chi connectivity index (χ1) is 12.6. The number of ether oxygens (including phenoxy) is 1. The fourth-order valence-electron chi connectivity index (χ4n) is 2.29. The molecule has 0 saturated carbocycles. The van der Waals surface area contributed by atoms with Crippen LogP contribution in [0.3, 0.4) is 0 Å². The van der Waals surface area contributed by atoms with Crippen molar-refractivity contribution in [1.29, 1.82) is 0 Å². The van der Waals surface area contributed by atoms with Crippen molar-refractivity contribution in [3.05, 3.63) is 52.3 Å². The van der Waals surface area contributed by atoms with E-state index in [-0.39, 0.29) is 19.1 Å². The molecule has 0 aliphatic carbocycles. The van der Waals surface area contributed by atoms with Gasteiger partial charge in [-0.1, -0.05) is 23.7 Å². The SMILES string of the molecule is CN(Cc1c(Cl)cnn1C)C(=O)c1cccc(COCC(F)(F)C(F)F)c1. The van der Waals surface area contributed by atoms with E-state index < -0.39 is 19.0 Å². The van der Waals surface area contributed by atoms with E-state index in [1.54, 1.807) is 37.0 Å². The third-order valence-corrected chi connectivity index (χ3v) is 4.12. The van der Waals surface area contributed by atoms with Crippen LogP contribution in [0.25, 0.3) is 0 Å². The largest absolute Gasteiger partial charge is 0.370 e. The molecule has 2 aromatic rings. The lowest BCUT2D eigenvalue weighted by Crippen LogP contribution is -2.32. The number of aromatic nitrogens is 2. The number of hydrogen-bond donors (Lipinski definition) is 0. The molecule has 10 heteroatoms. The average molecular weight is 408 g/mol. The van der Waals surface area contributed by atoms with E-state index in [1.165, 1.54) is 17.2 Å². The minimum absolute atomic E-state index is 0.218. The van der Waals surface area contributed by atoms with Gasteiger partial charge in [-0.25, -0.2) is 8.78 Å². The highest BCUT2D eigenvalue weighted by atomic mass is 35.5. The number of nitrogens with zero attached hydrogens (tertiary/aromatic N) is 3. The Bertz CT molecular complexity index is 779. The fourth-order valence-corrected chi connectivity index (χ4v) is 2.52. The summed E-state index contributed by atoms with van der Waals surface area (Å²) in [6, 6.07) is 6.13. The van der Waals surface area contributed by atoms with Crippen molar-refractivity contribution < 1.29 is 27.1 Å². The summed E-state index contributed by atoms with van der Waals surface area (Å²) < 4.78 is 56.2. The molecule has 0 fully saturated rings. The monoisotopic (exact) mass is 407 g/mol. The van der Waals surface area contributed by atoms with Gasteiger partial charge < -0.3 is 9.64 Å². The van der Waals surface area contributed by atoms with Crippen molar-refractivity contribution in [3.63, 3.8) is 0 Å². The average Bonchev–Trinajstić information content (AvgIpc) is 2.93. The van der Waals surface area contributed by atoms with Crippen LogP contribution in [0.5, 0.6) is 0 Å². The number of hydrogen-bond acceptors (Lipinski definition) is 3. The quantitative estimate of drug-likeness (QED) is 0.626. The number of carbonyl (C=O) groups is 1. The number of alkyl halides is 4. The van der Waals surface area contributed by atoms with Gasteiger partial charge in [0.15, 0.2) is 0 Å². The summed E-state index contributed by atoms with van der Waals surface area (Å²) >= 11 is 6.03. The van der Waals surface area contributed by atoms with Crippen LogP contribution in [0.1, 0.15) is 21.6 Å². The fraction of sp³-hybridized carbons (Fsp3) is 0.412. The number of amides is 1. The molecule has 0 unspecified atom stereocenters. The van der Waals surface area contributed by atoms with Gasteiger partial charge in [-0.15, -0.1) is 0 Å². The van der Waals surface area contributed by atoms with Crippen LogP contribution in [0.2, 0.25) is 5.02 Å². The van der Waals surface area contributed by atoms with E-state index in [0.29, 0.717) is 21.8 Å². The van der Waals surface area contributed by atoms with Gasteiger partial charge in [0.1, 0.15) is 6.61 Å². The van der Waals surface area contributed by atoms with Gasteiger partial charge in [0, 0.05) is 19.7 Å². The maximum atomic E-state index is 12.9. The molecule has 1 amide bonds. The molecule has 0 aliphatic rings. The van der Waals surface area contributed by atoms with Crippen LogP contribution in [0.4, 0.5) is 17.6 Å². The maximum Gasteiger partial charge on any atom is 0.330 e. The van der Waals surface area contributed by atoms with Crippen LogP contribution in [0, 0.1) is 0 Å². The highest BCUT2D eigenvalue weighted by Gasteiger charge is 2.40. The van der Waals surface area contributed by atoms with Crippen LogP contribution in [-0.4, -0.2) is 46.6 Å². The van der Waals surface area contributed by atoms with Gasteiger partial charge in [-0.3, -0.25) is 9.48 Å². The zero-order valence-electron chi connectivity index (χ0n) is 14.6. The summed E-state index contributed by atoms with van der Waals surface area (Å²) in [7, 11) is 3.28. The Morgan fingerprint density at radius 2 is 2.11 bits per heavy atom. The van der Waals surface area contributed by atoms with Crippen LogP contribution in [0.15, 0.2) is 30.5 Å². The molecule has 0 spiro atoms. The second kappa shape index (κ2) is 8.71. The van der Waals surface area contributed by atoms with Crippen LogP contribution >= 0.6 is 11.6 Å². The molecule has 0 atom stereocenters. The lowest BCUT2D eigenvalue weighted by molar-refractivity contribution is -0.168. The Kier molecular flexibility index (Phi) is 6.83. The van der Waals surface area contributed by atoms with Crippen LogP contribution < -0.4 is 0 Å². The van der Waals surface area contributed by atoms with E-state index in [9.17, 15) is 22.4 Å². The molecular weight excluding hydrogens is 390 g/mol.